The molecule has 0 spiro atoms. The molecule has 1 atom stereocenters. The molecule has 1 saturated carbocycles. The fourth-order valence-electron chi connectivity index (χ4n) is 3.42. The lowest BCUT2D eigenvalue weighted by atomic mass is 9.93. The van der Waals surface area contributed by atoms with Crippen molar-refractivity contribution in [2.24, 2.45) is 5.41 Å². The van der Waals surface area contributed by atoms with Gasteiger partial charge in [-0.3, -0.25) is 4.79 Å². The highest BCUT2D eigenvalue weighted by Gasteiger charge is 2.49. The van der Waals surface area contributed by atoms with Crippen molar-refractivity contribution < 1.29 is 14.4 Å². The minimum Gasteiger partial charge on any atom is -0.481 e. The molecule has 0 bridgehead atoms. The summed E-state index contributed by atoms with van der Waals surface area (Å²) >= 11 is 0. The van der Waals surface area contributed by atoms with Crippen molar-refractivity contribution in [2.75, 3.05) is 13.1 Å². The number of hydrogen-bond acceptors (Lipinski definition) is 4. The Labute approximate surface area is 142 Å². The van der Waals surface area contributed by atoms with E-state index >= 15 is 0 Å². The van der Waals surface area contributed by atoms with Crippen molar-refractivity contribution in [1.29, 1.82) is 0 Å². The predicted molar refractivity (Wildman–Crippen MR) is 93.1 cm³/mol. The van der Waals surface area contributed by atoms with Crippen LogP contribution in [0.25, 0.3) is 11.0 Å². The van der Waals surface area contributed by atoms with E-state index in [-0.39, 0.29) is 0 Å². The minimum absolute atomic E-state index is 0.375. The van der Waals surface area contributed by atoms with E-state index in [9.17, 15) is 9.90 Å². The van der Waals surface area contributed by atoms with Gasteiger partial charge in [0.2, 0.25) is 0 Å². The standard InChI is InChI=1S/C19H26N2O3/c1-2-5-14(17-15-6-3-4-7-16(15)24-21-17)8-12-20-13-11-19(9-10-19)18(22)23/h3-4,6-7,14,20H,2,5,8-13H2,1H3,(H,22,23). The maximum absolute atomic E-state index is 11.2. The molecule has 1 aliphatic carbocycles. The number of aromatic nitrogens is 1. The maximum atomic E-state index is 11.2. The summed E-state index contributed by atoms with van der Waals surface area (Å²) < 4.78 is 5.45. The molecule has 2 N–H and O–H groups in total. The van der Waals surface area contributed by atoms with E-state index in [0.29, 0.717) is 5.92 Å². The van der Waals surface area contributed by atoms with E-state index in [1.807, 2.05) is 18.2 Å². The Kier molecular flexibility index (Phi) is 5.19. The fourth-order valence-corrected chi connectivity index (χ4v) is 3.42. The van der Waals surface area contributed by atoms with Crippen LogP contribution in [0, 0.1) is 5.41 Å². The van der Waals surface area contributed by atoms with E-state index in [4.69, 9.17) is 4.52 Å². The zero-order chi connectivity index (χ0) is 17.0. The van der Waals surface area contributed by atoms with Crippen molar-refractivity contribution in [3.05, 3.63) is 30.0 Å². The quantitative estimate of drug-likeness (QED) is 0.645. The molecule has 0 amide bonds. The van der Waals surface area contributed by atoms with Gasteiger partial charge in [-0.05, 0) is 57.3 Å². The summed E-state index contributed by atoms with van der Waals surface area (Å²) in [5.74, 6) is -0.261. The zero-order valence-corrected chi connectivity index (χ0v) is 14.3. The van der Waals surface area contributed by atoms with Crippen LogP contribution < -0.4 is 5.32 Å². The number of benzene rings is 1. The summed E-state index contributed by atoms with van der Waals surface area (Å²) in [7, 11) is 0. The largest absolute Gasteiger partial charge is 0.481 e. The van der Waals surface area contributed by atoms with Gasteiger partial charge in [0.05, 0.1) is 11.1 Å². The number of nitrogens with zero attached hydrogens (tertiary/aromatic N) is 1. The molecule has 130 valence electrons. The molecule has 1 heterocycles. The highest BCUT2D eigenvalue weighted by Crippen LogP contribution is 2.48. The molecule has 0 aliphatic heterocycles. The van der Waals surface area contributed by atoms with Crippen LogP contribution in [0.5, 0.6) is 0 Å². The van der Waals surface area contributed by atoms with Gasteiger partial charge in [0, 0.05) is 11.3 Å². The van der Waals surface area contributed by atoms with Crippen molar-refractivity contribution in [3.63, 3.8) is 0 Å². The van der Waals surface area contributed by atoms with Gasteiger partial charge in [0.15, 0.2) is 5.58 Å². The van der Waals surface area contributed by atoms with Crippen LogP contribution in [0.15, 0.2) is 28.8 Å². The van der Waals surface area contributed by atoms with Gasteiger partial charge in [0.1, 0.15) is 0 Å². The number of carboxylic acid groups (broad SMARTS) is 1. The molecule has 2 aromatic rings. The van der Waals surface area contributed by atoms with E-state index < -0.39 is 11.4 Å². The van der Waals surface area contributed by atoms with Crippen molar-refractivity contribution in [3.8, 4) is 0 Å². The molecular weight excluding hydrogens is 304 g/mol. The average molecular weight is 330 g/mol. The third-order valence-corrected chi connectivity index (χ3v) is 5.19. The lowest BCUT2D eigenvalue weighted by Gasteiger charge is -2.15. The molecule has 0 saturated heterocycles. The van der Waals surface area contributed by atoms with E-state index in [2.05, 4.69) is 23.5 Å². The van der Waals surface area contributed by atoms with Gasteiger partial charge in [0.25, 0.3) is 0 Å². The average Bonchev–Trinajstić information content (AvgIpc) is 3.26. The molecule has 0 radical (unpaired) electrons. The van der Waals surface area contributed by atoms with Gasteiger partial charge in [-0.15, -0.1) is 0 Å². The monoisotopic (exact) mass is 330 g/mol. The number of para-hydroxylation sites is 1. The second-order valence-corrected chi connectivity index (χ2v) is 6.92. The number of rotatable bonds is 10. The Morgan fingerprint density at radius 1 is 1.33 bits per heavy atom. The van der Waals surface area contributed by atoms with Gasteiger partial charge >= 0.3 is 5.97 Å². The Balaban J connectivity index is 1.52. The highest BCUT2D eigenvalue weighted by atomic mass is 16.5. The molecule has 1 aromatic carbocycles. The summed E-state index contributed by atoms with van der Waals surface area (Å²) in [6.45, 7) is 3.83. The Morgan fingerprint density at radius 3 is 2.83 bits per heavy atom. The second kappa shape index (κ2) is 7.34. The van der Waals surface area contributed by atoms with Crippen LogP contribution in [-0.4, -0.2) is 29.3 Å². The van der Waals surface area contributed by atoms with Crippen molar-refractivity contribution in [1.82, 2.24) is 10.5 Å². The third-order valence-electron chi connectivity index (χ3n) is 5.19. The number of nitrogens with one attached hydrogen (secondary N) is 1. The number of carbonyl (C=O) groups is 1. The summed E-state index contributed by atoms with van der Waals surface area (Å²) in [5, 5.41) is 18.0. The summed E-state index contributed by atoms with van der Waals surface area (Å²) in [6, 6.07) is 8.00. The Hall–Kier alpha value is -1.88. The summed E-state index contributed by atoms with van der Waals surface area (Å²) in [4.78, 5) is 11.2. The maximum Gasteiger partial charge on any atom is 0.309 e. The molecule has 5 nitrogen and oxygen atoms in total. The van der Waals surface area contributed by atoms with E-state index in [1.165, 1.54) is 0 Å². The van der Waals surface area contributed by atoms with Crippen LogP contribution in [0.3, 0.4) is 0 Å². The number of aliphatic carboxylic acids is 1. The topological polar surface area (TPSA) is 75.4 Å². The zero-order valence-electron chi connectivity index (χ0n) is 14.3. The lowest BCUT2D eigenvalue weighted by molar-refractivity contribution is -0.143. The lowest BCUT2D eigenvalue weighted by Crippen LogP contribution is -2.25. The smallest absolute Gasteiger partial charge is 0.309 e. The van der Waals surface area contributed by atoms with Gasteiger partial charge in [-0.25, -0.2) is 0 Å². The first kappa shape index (κ1) is 17.0. The molecule has 1 fully saturated rings. The summed E-state index contributed by atoms with van der Waals surface area (Å²) in [5.41, 5.74) is 1.47. The SMILES string of the molecule is CCCC(CCNCCC1(C(=O)O)CC1)c1noc2ccccc12. The Morgan fingerprint density at radius 2 is 2.12 bits per heavy atom. The van der Waals surface area contributed by atoms with Gasteiger partial charge in [-0.1, -0.05) is 30.6 Å². The second-order valence-electron chi connectivity index (χ2n) is 6.92. The molecular formula is C19H26N2O3. The molecule has 24 heavy (non-hydrogen) atoms. The molecule has 1 aromatic heterocycles. The third kappa shape index (κ3) is 3.61. The Bertz CT molecular complexity index is 691. The van der Waals surface area contributed by atoms with Crippen LogP contribution in [0.1, 0.15) is 57.1 Å². The first-order chi connectivity index (χ1) is 11.7. The van der Waals surface area contributed by atoms with E-state index in [0.717, 1.165) is 68.3 Å². The van der Waals surface area contributed by atoms with Gasteiger partial charge in [-0.2, -0.15) is 0 Å². The first-order valence-corrected chi connectivity index (χ1v) is 8.95. The van der Waals surface area contributed by atoms with Crippen molar-refractivity contribution in [2.45, 2.75) is 51.4 Å². The molecule has 5 heteroatoms. The number of hydrogen-bond donors (Lipinski definition) is 2. The fraction of sp³-hybridized carbons (Fsp3) is 0.579. The van der Waals surface area contributed by atoms with Crippen LogP contribution >= 0.6 is 0 Å². The van der Waals surface area contributed by atoms with Crippen LogP contribution in [-0.2, 0) is 4.79 Å². The van der Waals surface area contributed by atoms with Crippen molar-refractivity contribution >= 4 is 16.9 Å². The number of carboxylic acids is 1. The van der Waals surface area contributed by atoms with Crippen LogP contribution in [0.2, 0.25) is 0 Å². The highest BCUT2D eigenvalue weighted by molar-refractivity contribution is 5.79. The molecule has 3 rings (SSSR count). The predicted octanol–water partition coefficient (Wildman–Crippen LogP) is 3.95. The number of fused-ring (bicyclic) bond motifs is 1. The first-order valence-electron chi connectivity index (χ1n) is 8.95. The van der Waals surface area contributed by atoms with Gasteiger partial charge < -0.3 is 14.9 Å². The normalized spacial score (nSPS) is 17.0. The summed E-state index contributed by atoms with van der Waals surface area (Å²) in [6.07, 6.45) is 5.56. The van der Waals surface area contributed by atoms with E-state index in [1.54, 1.807) is 0 Å². The van der Waals surface area contributed by atoms with Crippen LogP contribution in [0.4, 0.5) is 0 Å². The molecule has 1 unspecified atom stereocenters. The minimum atomic E-state index is -0.637. The molecule has 1 aliphatic rings.